The smallest absolute Gasteiger partial charge is 0.324 e. The molecule has 11 heteroatoms. The Kier molecular flexibility index (Phi) is 12.8. The summed E-state index contributed by atoms with van der Waals surface area (Å²) in [5.74, 6) is 0.746. The lowest BCUT2D eigenvalue weighted by molar-refractivity contribution is 0.216. The van der Waals surface area contributed by atoms with E-state index in [1.54, 1.807) is 0 Å². The van der Waals surface area contributed by atoms with Gasteiger partial charge in [-0.3, -0.25) is 9.88 Å². The minimum atomic E-state index is -3.60. The summed E-state index contributed by atoms with van der Waals surface area (Å²) in [6, 6.07) is 0.232. The van der Waals surface area contributed by atoms with E-state index < -0.39 is 21.3 Å². The predicted molar refractivity (Wildman–Crippen MR) is 154 cm³/mol. The van der Waals surface area contributed by atoms with Crippen molar-refractivity contribution < 1.29 is 23.1 Å². The van der Waals surface area contributed by atoms with Crippen LogP contribution >= 0.6 is 39.1 Å². The molecule has 2 rings (SSSR count). The maximum absolute atomic E-state index is 12.5. The number of hydrogen-bond acceptors (Lipinski definition) is 8. The Hall–Kier alpha value is 0.830. The van der Waals surface area contributed by atoms with Crippen LogP contribution in [0.15, 0.2) is 0 Å². The van der Waals surface area contributed by atoms with Crippen LogP contribution in [0.2, 0.25) is 0 Å². The lowest BCUT2D eigenvalue weighted by Crippen LogP contribution is -2.46. The minimum absolute atomic E-state index is 0.0251. The van der Waals surface area contributed by atoms with Gasteiger partial charge in [0.1, 0.15) is 0 Å². The fraction of sp³-hybridized carbons (Fsp3) is 1.00. The van der Waals surface area contributed by atoms with E-state index in [-0.39, 0.29) is 32.4 Å². The minimum Gasteiger partial charge on any atom is -0.324 e. The molecule has 7 nitrogen and oxygen atoms in total. The quantitative estimate of drug-likeness (QED) is 0.247. The fourth-order valence-corrected chi connectivity index (χ4v) is 10.8. The number of hydrogen-bond donors (Lipinski definition) is 3. The normalized spacial score (nSPS) is 30.0. The van der Waals surface area contributed by atoms with Crippen molar-refractivity contribution in [2.45, 2.75) is 121 Å². The van der Waals surface area contributed by atoms with Crippen LogP contribution in [0, 0.1) is 11.8 Å². The van der Waals surface area contributed by atoms with Crippen molar-refractivity contribution in [3.8, 4) is 0 Å². The summed E-state index contributed by atoms with van der Waals surface area (Å²) in [5.41, 5.74) is -0.410. The van der Waals surface area contributed by atoms with Gasteiger partial charge >= 0.3 is 15.6 Å². The molecule has 0 spiro atoms. The number of nitrogens with one attached hydrogen (secondary N) is 2. The third-order valence-corrected chi connectivity index (χ3v) is 12.5. The van der Waals surface area contributed by atoms with Crippen molar-refractivity contribution in [3.05, 3.63) is 0 Å². The average Bonchev–Trinajstić information content (AvgIpc) is 3.10. The molecule has 0 aliphatic carbocycles. The lowest BCUT2D eigenvalue weighted by atomic mass is 10.00. The molecule has 2 aliphatic rings. The van der Waals surface area contributed by atoms with E-state index in [0.29, 0.717) is 30.7 Å². The van der Waals surface area contributed by atoms with Crippen LogP contribution in [-0.4, -0.2) is 61.8 Å². The van der Waals surface area contributed by atoms with Gasteiger partial charge in [-0.15, -0.1) is 28.0 Å². The van der Waals surface area contributed by atoms with Gasteiger partial charge in [-0.1, -0.05) is 27.7 Å². The summed E-state index contributed by atoms with van der Waals surface area (Å²) in [7, 11) is -5.12. The largest absolute Gasteiger partial charge is 0.509 e. The van der Waals surface area contributed by atoms with Crippen molar-refractivity contribution >= 4 is 39.1 Å². The summed E-state index contributed by atoms with van der Waals surface area (Å²) in [4.78, 5) is 10.3. The van der Waals surface area contributed by atoms with Crippen LogP contribution in [0.1, 0.15) is 83.1 Å². The first-order valence-corrected chi connectivity index (χ1v) is 17.4. The van der Waals surface area contributed by atoms with E-state index in [9.17, 15) is 14.0 Å². The third kappa shape index (κ3) is 10.5. The molecule has 0 amide bonds. The molecule has 0 radical (unpaired) electrons. The summed E-state index contributed by atoms with van der Waals surface area (Å²) in [5, 5.41) is 7.36. The second-order valence-corrected chi connectivity index (χ2v) is 19.4. The van der Waals surface area contributed by atoms with Crippen LogP contribution < -0.4 is 10.6 Å². The molecule has 2 heterocycles. The Morgan fingerprint density at radius 3 is 2.03 bits per heavy atom. The molecule has 2 saturated heterocycles. The van der Waals surface area contributed by atoms with Gasteiger partial charge in [-0.2, -0.15) is 0 Å². The third-order valence-electron chi connectivity index (χ3n) is 6.20. The van der Waals surface area contributed by atoms with Gasteiger partial charge in [-0.25, -0.2) is 0 Å². The summed E-state index contributed by atoms with van der Waals surface area (Å²) < 4.78 is 34.5. The van der Waals surface area contributed by atoms with E-state index in [1.165, 1.54) is 0 Å². The summed E-state index contributed by atoms with van der Waals surface area (Å²) >= 11 is 3.75. The van der Waals surface area contributed by atoms with Crippen molar-refractivity contribution in [1.82, 2.24) is 10.6 Å². The van der Waals surface area contributed by atoms with Gasteiger partial charge in [0.2, 0.25) is 0 Å². The molecule has 0 bridgehead atoms. The molecule has 0 aromatic rings. The molecule has 2 aliphatic heterocycles. The second kappa shape index (κ2) is 13.3. The Labute approximate surface area is 224 Å². The lowest BCUT2D eigenvalue weighted by Gasteiger charge is -2.32. The van der Waals surface area contributed by atoms with Gasteiger partial charge in [0.15, 0.2) is 6.16 Å². The zero-order valence-corrected chi connectivity index (χ0v) is 27.3. The maximum atomic E-state index is 12.5. The molecule has 3 N–H and O–H groups in total. The van der Waals surface area contributed by atoms with Crippen LogP contribution in [0.5, 0.6) is 0 Å². The molecule has 0 aromatic carbocycles. The highest BCUT2D eigenvalue weighted by Gasteiger charge is 2.50. The molecule has 208 valence electrons. The second-order valence-electron chi connectivity index (χ2n) is 11.9. The van der Waals surface area contributed by atoms with Gasteiger partial charge in [-0.05, 0) is 71.8 Å². The van der Waals surface area contributed by atoms with Crippen LogP contribution in [0.4, 0.5) is 0 Å². The topological polar surface area (TPSA) is 96.9 Å². The Balaban J connectivity index is 0.000000365. The standard InChI is InChI=1S/C14H30NO3PS.C10H21NO2PS/c1-9(2)8-18-19(16,17)11(5)12-14(6,7)20-13(15-12)10(3)4;1-6-13-14(12)7-8-9(2,3)15-10(4,5)11-8/h9-13,15H,8H2,1-7H3,(H,16,17);8,11H,6-7H2,1-5H3/q;+1. The zero-order valence-electron chi connectivity index (χ0n) is 23.9. The Morgan fingerprint density at radius 1 is 1.06 bits per heavy atom. The van der Waals surface area contributed by atoms with Gasteiger partial charge in [0.05, 0.1) is 35.2 Å². The van der Waals surface area contributed by atoms with E-state index in [1.807, 2.05) is 51.2 Å². The van der Waals surface area contributed by atoms with Crippen molar-refractivity contribution in [2.24, 2.45) is 11.8 Å². The number of rotatable bonds is 10. The summed E-state index contributed by atoms with van der Waals surface area (Å²) in [6.07, 6.45) is 0.604. The van der Waals surface area contributed by atoms with Crippen molar-refractivity contribution in [3.63, 3.8) is 0 Å². The molecule has 35 heavy (non-hydrogen) atoms. The maximum Gasteiger partial charge on any atom is 0.509 e. The highest BCUT2D eigenvalue weighted by atomic mass is 32.2. The zero-order chi connectivity index (χ0) is 27.4. The fourth-order valence-electron chi connectivity index (χ4n) is 4.39. The van der Waals surface area contributed by atoms with Gasteiger partial charge in [0.25, 0.3) is 0 Å². The average molecular weight is 574 g/mol. The Morgan fingerprint density at radius 2 is 1.63 bits per heavy atom. The molecule has 2 fully saturated rings. The van der Waals surface area contributed by atoms with E-state index in [0.717, 1.165) is 0 Å². The molecular weight excluding hydrogens is 522 g/mol. The Bertz CT molecular complexity index is 749. The van der Waals surface area contributed by atoms with Crippen LogP contribution in [-0.2, 0) is 18.2 Å². The molecule has 6 atom stereocenters. The first-order chi connectivity index (χ1) is 15.7. The van der Waals surface area contributed by atoms with Crippen LogP contribution in [0.25, 0.3) is 0 Å². The highest BCUT2D eigenvalue weighted by Crippen LogP contribution is 2.54. The molecule has 6 unspecified atom stereocenters. The van der Waals surface area contributed by atoms with Gasteiger partial charge < -0.3 is 14.7 Å². The molecule has 0 saturated carbocycles. The number of thioether (sulfide) groups is 2. The molecule has 0 aromatic heterocycles. The van der Waals surface area contributed by atoms with E-state index in [2.05, 4.69) is 66.0 Å². The van der Waals surface area contributed by atoms with E-state index >= 15 is 0 Å². The predicted octanol–water partition coefficient (Wildman–Crippen LogP) is 6.68. The first kappa shape index (κ1) is 33.9. The van der Waals surface area contributed by atoms with Crippen molar-refractivity contribution in [2.75, 3.05) is 19.4 Å². The van der Waals surface area contributed by atoms with Crippen molar-refractivity contribution in [1.29, 1.82) is 0 Å². The van der Waals surface area contributed by atoms with Crippen LogP contribution in [0.3, 0.4) is 0 Å². The SMILES string of the molecule is CC(C)COP(=O)(O)C(C)C1NC(C(C)C)SC1(C)C.CCO[P+](=O)CC1NC(C)(C)SC1(C)C. The van der Waals surface area contributed by atoms with E-state index in [4.69, 9.17) is 9.05 Å². The monoisotopic (exact) mass is 573 g/mol. The molecular formula is C24H51N2O5P2S2+. The van der Waals surface area contributed by atoms with Gasteiger partial charge in [0, 0.05) is 15.5 Å². The highest BCUT2D eigenvalue weighted by molar-refractivity contribution is 8.02. The summed E-state index contributed by atoms with van der Waals surface area (Å²) in [6.45, 7) is 25.8. The first-order valence-electron chi connectivity index (χ1n) is 12.7.